The number of carbonyl (C=O) groups is 1. The number of nitrogens with one attached hydrogen (secondary N) is 1. The first kappa shape index (κ1) is 17.2. The molecule has 4 nitrogen and oxygen atoms in total. The second kappa shape index (κ2) is 8.48. The summed E-state index contributed by atoms with van der Waals surface area (Å²) in [5, 5.41) is 2.75. The van der Waals surface area contributed by atoms with Gasteiger partial charge in [-0.05, 0) is 12.5 Å². The van der Waals surface area contributed by atoms with E-state index in [9.17, 15) is 4.79 Å². The number of hydrogen-bond donors (Lipinski definition) is 1. The number of anilines is 1. The number of amides is 1. The maximum atomic E-state index is 12.3. The van der Waals surface area contributed by atoms with Crippen LogP contribution in [0.5, 0.6) is 11.5 Å². The van der Waals surface area contributed by atoms with Gasteiger partial charge < -0.3 is 14.8 Å². The Morgan fingerprint density at radius 1 is 1.09 bits per heavy atom. The number of methoxy groups -OCH3 is 2. The van der Waals surface area contributed by atoms with E-state index in [1.54, 1.807) is 44.2 Å². The van der Waals surface area contributed by atoms with Gasteiger partial charge in [0.2, 0.25) is 5.91 Å². The van der Waals surface area contributed by atoms with E-state index in [0.717, 1.165) is 5.75 Å². The van der Waals surface area contributed by atoms with Gasteiger partial charge in [-0.2, -0.15) is 0 Å². The highest BCUT2D eigenvalue weighted by atomic mass is 32.2. The van der Waals surface area contributed by atoms with Gasteiger partial charge in [-0.15, -0.1) is 11.8 Å². The quantitative estimate of drug-likeness (QED) is 0.834. The minimum atomic E-state index is -0.160. The van der Waals surface area contributed by atoms with Crippen LogP contribution in [0.3, 0.4) is 0 Å². The summed E-state index contributed by atoms with van der Waals surface area (Å²) in [5.74, 6) is 2.05. The predicted molar refractivity (Wildman–Crippen MR) is 95.4 cm³/mol. The van der Waals surface area contributed by atoms with Gasteiger partial charge in [0.15, 0.2) is 0 Å². The summed E-state index contributed by atoms with van der Waals surface area (Å²) < 4.78 is 10.4. The molecule has 23 heavy (non-hydrogen) atoms. The highest BCUT2D eigenvalue weighted by Crippen LogP contribution is 2.26. The zero-order chi connectivity index (χ0) is 16.7. The second-order valence-electron chi connectivity index (χ2n) is 5.03. The molecule has 0 fully saturated rings. The maximum absolute atomic E-state index is 12.3. The predicted octanol–water partition coefficient (Wildman–Crippen LogP) is 3.96. The van der Waals surface area contributed by atoms with Gasteiger partial charge in [0.25, 0.3) is 0 Å². The Morgan fingerprint density at radius 3 is 2.26 bits per heavy atom. The molecule has 0 bridgehead atoms. The fourth-order valence-corrected chi connectivity index (χ4v) is 2.84. The summed E-state index contributed by atoms with van der Waals surface area (Å²) in [5.41, 5.74) is 1.87. The third-order valence-corrected chi connectivity index (χ3v) is 4.55. The van der Waals surface area contributed by atoms with Crippen molar-refractivity contribution < 1.29 is 14.3 Å². The Labute approximate surface area is 141 Å². The molecule has 2 aromatic rings. The molecule has 0 aliphatic carbocycles. The molecule has 1 amide bonds. The molecule has 0 aliphatic rings. The molecular weight excluding hydrogens is 310 g/mol. The first-order valence-electron chi connectivity index (χ1n) is 7.32. The van der Waals surface area contributed by atoms with Crippen LogP contribution in [0.1, 0.15) is 12.5 Å². The lowest BCUT2D eigenvalue weighted by molar-refractivity contribution is -0.115. The van der Waals surface area contributed by atoms with Crippen LogP contribution in [0, 0.1) is 0 Å². The molecule has 0 radical (unpaired) electrons. The average molecular weight is 331 g/mol. The monoisotopic (exact) mass is 331 g/mol. The van der Waals surface area contributed by atoms with Crippen LogP contribution < -0.4 is 14.8 Å². The summed E-state index contributed by atoms with van der Waals surface area (Å²) in [6.07, 6.45) is 0. The standard InChI is InChI=1S/C18H21NO3S/c1-13(23-12-14-7-5-4-6-8-14)18(20)19-15-9-16(21-2)11-17(10-15)22-3/h4-11,13H,12H2,1-3H3,(H,19,20). The third kappa shape index (κ3) is 5.21. The fraction of sp³-hybridized carbons (Fsp3) is 0.278. The van der Waals surface area contributed by atoms with Crippen LogP contribution in [0.25, 0.3) is 0 Å². The topological polar surface area (TPSA) is 47.6 Å². The number of benzene rings is 2. The molecule has 122 valence electrons. The lowest BCUT2D eigenvalue weighted by Crippen LogP contribution is -2.22. The summed E-state index contributed by atoms with van der Waals surface area (Å²) in [7, 11) is 3.16. The van der Waals surface area contributed by atoms with Crippen LogP contribution in [-0.4, -0.2) is 25.4 Å². The minimum Gasteiger partial charge on any atom is -0.497 e. The maximum Gasteiger partial charge on any atom is 0.237 e. The number of ether oxygens (including phenoxy) is 2. The van der Waals surface area contributed by atoms with Crippen molar-refractivity contribution in [3.63, 3.8) is 0 Å². The van der Waals surface area contributed by atoms with Gasteiger partial charge in [-0.3, -0.25) is 4.79 Å². The van der Waals surface area contributed by atoms with Crippen LogP contribution in [0.2, 0.25) is 0 Å². The molecule has 0 saturated heterocycles. The van der Waals surface area contributed by atoms with Crippen molar-refractivity contribution in [3.8, 4) is 11.5 Å². The van der Waals surface area contributed by atoms with Gasteiger partial charge >= 0.3 is 0 Å². The lowest BCUT2D eigenvalue weighted by Gasteiger charge is -2.14. The molecule has 1 N–H and O–H groups in total. The van der Waals surface area contributed by atoms with Gasteiger partial charge in [-0.25, -0.2) is 0 Å². The Balaban J connectivity index is 1.95. The largest absolute Gasteiger partial charge is 0.497 e. The van der Waals surface area contributed by atoms with E-state index in [-0.39, 0.29) is 11.2 Å². The lowest BCUT2D eigenvalue weighted by atomic mass is 10.2. The van der Waals surface area contributed by atoms with E-state index in [0.29, 0.717) is 17.2 Å². The molecule has 0 saturated carbocycles. The molecular formula is C18H21NO3S. The zero-order valence-electron chi connectivity index (χ0n) is 13.5. The smallest absolute Gasteiger partial charge is 0.237 e. The van der Waals surface area contributed by atoms with E-state index >= 15 is 0 Å². The Morgan fingerprint density at radius 2 is 1.70 bits per heavy atom. The SMILES string of the molecule is COc1cc(NC(=O)C(C)SCc2ccccc2)cc(OC)c1. The van der Waals surface area contributed by atoms with Crippen LogP contribution in [0.4, 0.5) is 5.69 Å². The molecule has 0 aromatic heterocycles. The number of rotatable bonds is 7. The van der Waals surface area contributed by atoms with E-state index < -0.39 is 0 Å². The van der Waals surface area contributed by atoms with E-state index in [4.69, 9.17) is 9.47 Å². The summed E-state index contributed by atoms with van der Waals surface area (Å²) in [4.78, 5) is 12.3. The molecule has 2 aromatic carbocycles. The molecule has 5 heteroatoms. The van der Waals surface area contributed by atoms with Crippen LogP contribution in [0.15, 0.2) is 48.5 Å². The Bertz CT molecular complexity index is 624. The van der Waals surface area contributed by atoms with Crippen LogP contribution >= 0.6 is 11.8 Å². The zero-order valence-corrected chi connectivity index (χ0v) is 14.4. The molecule has 1 unspecified atom stereocenters. The first-order valence-corrected chi connectivity index (χ1v) is 8.36. The second-order valence-corrected chi connectivity index (χ2v) is 6.36. The van der Waals surface area contributed by atoms with Crippen LogP contribution in [-0.2, 0) is 10.5 Å². The summed E-state index contributed by atoms with van der Waals surface area (Å²) in [6, 6.07) is 15.4. The van der Waals surface area contributed by atoms with Gasteiger partial charge in [0.05, 0.1) is 19.5 Å². The first-order chi connectivity index (χ1) is 11.1. The van der Waals surface area contributed by atoms with Crippen molar-refractivity contribution in [2.24, 2.45) is 0 Å². The minimum absolute atomic E-state index is 0.0405. The van der Waals surface area contributed by atoms with E-state index in [1.807, 2.05) is 25.1 Å². The molecule has 1 atom stereocenters. The van der Waals surface area contributed by atoms with Crippen molar-refractivity contribution >= 4 is 23.4 Å². The number of thioether (sulfide) groups is 1. The van der Waals surface area contributed by atoms with E-state index in [2.05, 4.69) is 17.4 Å². The fourth-order valence-electron chi connectivity index (χ4n) is 1.99. The van der Waals surface area contributed by atoms with Crippen molar-refractivity contribution in [3.05, 3.63) is 54.1 Å². The van der Waals surface area contributed by atoms with Crippen molar-refractivity contribution in [2.45, 2.75) is 17.9 Å². The molecule has 0 heterocycles. The average Bonchev–Trinajstić information content (AvgIpc) is 2.60. The van der Waals surface area contributed by atoms with Gasteiger partial charge in [0, 0.05) is 29.6 Å². The Kier molecular flexibility index (Phi) is 6.35. The number of carbonyl (C=O) groups excluding carboxylic acids is 1. The van der Waals surface area contributed by atoms with Crippen molar-refractivity contribution in [1.82, 2.24) is 0 Å². The highest BCUT2D eigenvalue weighted by molar-refractivity contribution is 7.99. The van der Waals surface area contributed by atoms with Crippen molar-refractivity contribution in [2.75, 3.05) is 19.5 Å². The highest BCUT2D eigenvalue weighted by Gasteiger charge is 2.14. The Hall–Kier alpha value is -2.14. The molecule has 2 rings (SSSR count). The normalized spacial score (nSPS) is 11.6. The van der Waals surface area contributed by atoms with Gasteiger partial charge in [0.1, 0.15) is 11.5 Å². The summed E-state index contributed by atoms with van der Waals surface area (Å²) >= 11 is 1.60. The third-order valence-electron chi connectivity index (χ3n) is 3.33. The van der Waals surface area contributed by atoms with Gasteiger partial charge in [-0.1, -0.05) is 30.3 Å². The molecule has 0 spiro atoms. The molecule has 0 aliphatic heterocycles. The summed E-state index contributed by atoms with van der Waals surface area (Å²) in [6.45, 7) is 1.90. The van der Waals surface area contributed by atoms with E-state index in [1.165, 1.54) is 5.56 Å². The van der Waals surface area contributed by atoms with Crippen molar-refractivity contribution in [1.29, 1.82) is 0 Å². The number of hydrogen-bond acceptors (Lipinski definition) is 4.